The average molecular weight is 561 g/mol. The second-order valence-electron chi connectivity index (χ2n) is 12.0. The van der Waals surface area contributed by atoms with Crippen LogP contribution in [-0.2, 0) is 19.1 Å². The van der Waals surface area contributed by atoms with E-state index >= 15 is 0 Å². The van der Waals surface area contributed by atoms with E-state index in [1.165, 1.54) is 7.11 Å². The molecule has 0 spiro atoms. The van der Waals surface area contributed by atoms with Gasteiger partial charge in [0.25, 0.3) is 0 Å². The molecule has 0 saturated heterocycles. The zero-order valence-corrected chi connectivity index (χ0v) is 24.5. The first-order chi connectivity index (χ1) is 19.5. The van der Waals surface area contributed by atoms with Crippen LogP contribution in [0.2, 0.25) is 0 Å². The molecule has 0 saturated carbocycles. The zero-order chi connectivity index (χ0) is 29.7. The van der Waals surface area contributed by atoms with Crippen LogP contribution in [0.3, 0.4) is 0 Å². The molecule has 218 valence electrons. The number of Topliss-reactive ketones (excluding diaryl/α,β-unsaturated/α-hetero) is 1. The number of carbonyl (C=O) groups is 3. The van der Waals surface area contributed by atoms with Crippen LogP contribution in [0, 0.1) is 11.3 Å². The number of amides is 1. The molecule has 0 radical (unpaired) electrons. The summed E-state index contributed by atoms with van der Waals surface area (Å²) in [5, 5.41) is 13.3. The number of carbonyl (C=O) groups excluding carboxylic acids is 3. The number of esters is 1. The average Bonchev–Trinajstić information content (AvgIpc) is 3.23. The van der Waals surface area contributed by atoms with Gasteiger partial charge in [-0.3, -0.25) is 9.79 Å². The van der Waals surface area contributed by atoms with Crippen molar-refractivity contribution >= 4 is 23.6 Å². The van der Waals surface area contributed by atoms with Gasteiger partial charge >= 0.3 is 12.1 Å². The van der Waals surface area contributed by atoms with E-state index in [4.69, 9.17) is 9.47 Å². The summed E-state index contributed by atoms with van der Waals surface area (Å²) in [6.07, 6.45) is 0.663. The minimum Gasteiger partial charge on any atom is -0.511 e. The highest BCUT2D eigenvalue weighted by Crippen LogP contribution is 2.44. The summed E-state index contributed by atoms with van der Waals surface area (Å²) in [4.78, 5) is 42.9. The highest BCUT2D eigenvalue weighted by atomic mass is 16.6. The molecule has 0 aliphatic heterocycles. The molecule has 0 bridgehead atoms. The van der Waals surface area contributed by atoms with E-state index in [1.54, 1.807) is 0 Å². The summed E-state index contributed by atoms with van der Waals surface area (Å²) >= 11 is 0. The monoisotopic (exact) mass is 560 g/mol. The number of ether oxygens (including phenoxy) is 2. The van der Waals surface area contributed by atoms with E-state index in [0.717, 1.165) is 22.3 Å². The Hall–Kier alpha value is -3.94. The minimum absolute atomic E-state index is 0.0620. The first-order valence-corrected chi connectivity index (χ1v) is 14.2. The van der Waals surface area contributed by atoms with Gasteiger partial charge in [0.15, 0.2) is 5.78 Å². The molecule has 2 aromatic carbocycles. The standard InChI is InChI=1S/C33H40N2O6/c1-20(2)16-27(30-28(36)17-33(3,4)18-29(30)37)34-15-14-26(31(38)40-5)35-32(39)41-19-25-23-12-8-6-10-21(23)22-11-7-9-13-24(22)25/h6-13,20,25-26,36H,14-19H2,1-5H3,(H,35,39)/t26-/m0/s1. The third-order valence-corrected chi connectivity index (χ3v) is 7.58. The molecule has 41 heavy (non-hydrogen) atoms. The zero-order valence-electron chi connectivity index (χ0n) is 24.5. The Morgan fingerprint density at radius 2 is 1.66 bits per heavy atom. The molecule has 2 aliphatic carbocycles. The second kappa shape index (κ2) is 12.7. The molecule has 0 fully saturated rings. The summed E-state index contributed by atoms with van der Waals surface area (Å²) in [6, 6.07) is 15.1. The van der Waals surface area contributed by atoms with E-state index < -0.39 is 18.1 Å². The number of nitrogens with one attached hydrogen (secondary N) is 1. The van der Waals surface area contributed by atoms with Crippen LogP contribution in [0.25, 0.3) is 11.1 Å². The van der Waals surface area contributed by atoms with Crippen LogP contribution >= 0.6 is 0 Å². The molecule has 1 atom stereocenters. The van der Waals surface area contributed by atoms with Gasteiger partial charge in [-0.2, -0.15) is 0 Å². The number of benzene rings is 2. The van der Waals surface area contributed by atoms with Gasteiger partial charge in [-0.15, -0.1) is 0 Å². The fourth-order valence-corrected chi connectivity index (χ4v) is 5.75. The van der Waals surface area contributed by atoms with Crippen molar-refractivity contribution in [3.8, 4) is 11.1 Å². The molecule has 4 rings (SSSR count). The number of alkyl carbamates (subject to hydrolysis) is 1. The van der Waals surface area contributed by atoms with Crippen LogP contribution in [-0.4, -0.2) is 55.0 Å². The normalized spacial score (nSPS) is 17.2. The lowest BCUT2D eigenvalue weighted by molar-refractivity contribution is -0.143. The van der Waals surface area contributed by atoms with Crippen molar-refractivity contribution in [1.82, 2.24) is 5.32 Å². The molecule has 2 aromatic rings. The second-order valence-corrected chi connectivity index (χ2v) is 12.0. The summed E-state index contributed by atoms with van der Waals surface area (Å²) < 4.78 is 10.5. The lowest BCUT2D eigenvalue weighted by Gasteiger charge is -2.30. The van der Waals surface area contributed by atoms with Gasteiger partial charge < -0.3 is 19.9 Å². The molecule has 2 N–H and O–H groups in total. The smallest absolute Gasteiger partial charge is 0.407 e. The number of allylic oxidation sites excluding steroid dienone is 2. The lowest BCUT2D eigenvalue weighted by Crippen LogP contribution is -2.42. The van der Waals surface area contributed by atoms with Crippen LogP contribution in [0.1, 0.15) is 70.4 Å². The van der Waals surface area contributed by atoms with Gasteiger partial charge in [0.2, 0.25) is 0 Å². The summed E-state index contributed by atoms with van der Waals surface area (Å²) in [7, 11) is 1.26. The largest absolute Gasteiger partial charge is 0.511 e. The van der Waals surface area contributed by atoms with E-state index in [0.29, 0.717) is 25.0 Å². The summed E-state index contributed by atoms with van der Waals surface area (Å²) in [5.74, 6) is -0.581. The SMILES string of the molecule is COC(=O)[C@H](CCN=C(CC(C)C)C1=C(O)CC(C)(C)CC1=O)NC(=O)OCC1c2ccccc2-c2ccccc21. The third-order valence-electron chi connectivity index (χ3n) is 7.58. The Kier molecular flexibility index (Phi) is 9.31. The van der Waals surface area contributed by atoms with Gasteiger partial charge in [-0.05, 0) is 46.4 Å². The Morgan fingerprint density at radius 3 is 2.22 bits per heavy atom. The van der Waals surface area contributed by atoms with Gasteiger partial charge in [-0.25, -0.2) is 9.59 Å². The third kappa shape index (κ3) is 7.04. The predicted molar refractivity (Wildman–Crippen MR) is 158 cm³/mol. The quantitative estimate of drug-likeness (QED) is 0.266. The Labute approximate surface area is 241 Å². The molecular formula is C33H40N2O6. The molecule has 1 amide bonds. The van der Waals surface area contributed by atoms with Gasteiger partial charge in [0.05, 0.1) is 12.7 Å². The van der Waals surface area contributed by atoms with Crippen LogP contribution in [0.4, 0.5) is 4.79 Å². The van der Waals surface area contributed by atoms with Crippen molar-refractivity contribution in [1.29, 1.82) is 0 Å². The number of rotatable bonds is 10. The number of ketones is 1. The number of aliphatic hydroxyl groups is 1. The van der Waals surface area contributed by atoms with Crippen molar-refractivity contribution < 1.29 is 29.0 Å². The topological polar surface area (TPSA) is 114 Å². The highest BCUT2D eigenvalue weighted by Gasteiger charge is 2.35. The van der Waals surface area contributed by atoms with Crippen molar-refractivity contribution in [2.24, 2.45) is 16.3 Å². The van der Waals surface area contributed by atoms with Gasteiger partial charge in [0, 0.05) is 31.0 Å². The fourth-order valence-electron chi connectivity index (χ4n) is 5.75. The van der Waals surface area contributed by atoms with Crippen molar-refractivity contribution in [2.75, 3.05) is 20.3 Å². The Morgan fingerprint density at radius 1 is 1.05 bits per heavy atom. The predicted octanol–water partition coefficient (Wildman–Crippen LogP) is 6.15. The fraction of sp³-hybridized carbons (Fsp3) is 0.455. The van der Waals surface area contributed by atoms with Crippen LogP contribution in [0.5, 0.6) is 0 Å². The number of hydrogen-bond donors (Lipinski definition) is 2. The maximum atomic E-state index is 12.9. The number of hydrogen-bond acceptors (Lipinski definition) is 7. The highest BCUT2D eigenvalue weighted by molar-refractivity contribution is 6.23. The van der Waals surface area contributed by atoms with Gasteiger partial charge in [0.1, 0.15) is 18.4 Å². The molecule has 0 aromatic heterocycles. The van der Waals surface area contributed by atoms with Crippen LogP contribution in [0.15, 0.2) is 64.9 Å². The summed E-state index contributed by atoms with van der Waals surface area (Å²) in [5.41, 5.74) is 4.95. The molecule has 0 heterocycles. The van der Waals surface area contributed by atoms with Crippen molar-refractivity contribution in [3.63, 3.8) is 0 Å². The van der Waals surface area contributed by atoms with Crippen molar-refractivity contribution in [2.45, 2.75) is 65.3 Å². The van der Waals surface area contributed by atoms with Crippen LogP contribution < -0.4 is 5.32 Å². The first kappa shape index (κ1) is 30.0. The molecule has 8 nitrogen and oxygen atoms in total. The molecule has 2 aliphatic rings. The molecular weight excluding hydrogens is 520 g/mol. The maximum Gasteiger partial charge on any atom is 0.407 e. The van der Waals surface area contributed by atoms with E-state index in [2.05, 4.69) is 22.4 Å². The minimum atomic E-state index is -0.983. The molecule has 8 heteroatoms. The first-order valence-electron chi connectivity index (χ1n) is 14.2. The van der Waals surface area contributed by atoms with E-state index in [9.17, 15) is 19.5 Å². The number of fused-ring (bicyclic) bond motifs is 3. The van der Waals surface area contributed by atoms with E-state index in [1.807, 2.05) is 64.1 Å². The summed E-state index contributed by atoms with van der Waals surface area (Å²) in [6.45, 7) is 8.20. The van der Waals surface area contributed by atoms with Crippen molar-refractivity contribution in [3.05, 3.63) is 71.0 Å². The molecule has 0 unspecified atom stereocenters. The van der Waals surface area contributed by atoms with E-state index in [-0.39, 0.29) is 53.9 Å². The maximum absolute atomic E-state index is 12.9. The van der Waals surface area contributed by atoms with Gasteiger partial charge in [-0.1, -0.05) is 76.2 Å². The number of nitrogens with zero attached hydrogens (tertiary/aromatic N) is 1. The lowest BCUT2D eigenvalue weighted by atomic mass is 9.75. The Balaban J connectivity index is 1.43. The number of aliphatic imine (C=N–C) groups is 1. The Bertz CT molecular complexity index is 1330. The number of methoxy groups -OCH3 is 1. The number of aliphatic hydroxyl groups excluding tert-OH is 1.